The molecule has 0 radical (unpaired) electrons. The highest BCUT2D eigenvalue weighted by atomic mass is 35.5. The quantitative estimate of drug-likeness (QED) is 0.626. The van der Waals surface area contributed by atoms with Gasteiger partial charge in [0.2, 0.25) is 0 Å². The van der Waals surface area contributed by atoms with Crippen molar-refractivity contribution in [2.45, 2.75) is 46.6 Å². The number of hydrogen-bond acceptors (Lipinski definition) is 4. The van der Waals surface area contributed by atoms with E-state index in [2.05, 4.69) is 20.8 Å². The van der Waals surface area contributed by atoms with Crippen LogP contribution in [0.15, 0.2) is 29.2 Å². The zero-order valence-electron chi connectivity index (χ0n) is 18.0. The Morgan fingerprint density at radius 3 is 2.57 bits per heavy atom. The van der Waals surface area contributed by atoms with E-state index in [1.54, 1.807) is 17.7 Å². The van der Waals surface area contributed by atoms with Crippen LogP contribution in [-0.4, -0.2) is 36.0 Å². The molecule has 1 aliphatic heterocycles. The predicted molar refractivity (Wildman–Crippen MR) is 119 cm³/mol. The van der Waals surface area contributed by atoms with E-state index in [0.29, 0.717) is 42.6 Å². The number of aromatic nitrogens is 1. The summed E-state index contributed by atoms with van der Waals surface area (Å²) in [5, 5.41) is 9.56. The Morgan fingerprint density at radius 2 is 1.97 bits per heavy atom. The molecule has 1 aromatic carbocycles. The first-order valence-electron chi connectivity index (χ1n) is 10.2. The van der Waals surface area contributed by atoms with Crippen LogP contribution in [0.4, 0.5) is 0 Å². The van der Waals surface area contributed by atoms with Gasteiger partial charge in [0.25, 0.3) is 0 Å². The molecule has 0 spiro atoms. The van der Waals surface area contributed by atoms with Gasteiger partial charge in [-0.1, -0.05) is 38.8 Å². The number of pyridine rings is 1. The molecule has 0 saturated carbocycles. The molecule has 1 aliphatic rings. The van der Waals surface area contributed by atoms with Crippen LogP contribution in [0.1, 0.15) is 49.5 Å². The van der Waals surface area contributed by atoms with E-state index in [1.165, 1.54) is 18.7 Å². The lowest BCUT2D eigenvalue weighted by Crippen LogP contribution is -2.22. The van der Waals surface area contributed by atoms with E-state index in [-0.39, 0.29) is 5.56 Å². The molecule has 2 heterocycles. The van der Waals surface area contributed by atoms with E-state index < -0.39 is 11.4 Å². The van der Waals surface area contributed by atoms with Crippen molar-refractivity contribution in [3.63, 3.8) is 0 Å². The summed E-state index contributed by atoms with van der Waals surface area (Å²) in [5.74, 6) is 0.272. The SMILES string of the molecule is CCC(C)C.COCCCOc1cc2c(cc1Cl)-c1cc(=O)c(C(=O)O)cn1CC2. The van der Waals surface area contributed by atoms with Gasteiger partial charge in [-0.15, -0.1) is 0 Å². The maximum Gasteiger partial charge on any atom is 0.341 e. The van der Waals surface area contributed by atoms with Crippen molar-refractivity contribution in [3.8, 4) is 17.0 Å². The van der Waals surface area contributed by atoms with E-state index in [4.69, 9.17) is 26.2 Å². The number of carboxylic acids is 1. The van der Waals surface area contributed by atoms with Gasteiger partial charge in [0.1, 0.15) is 11.3 Å². The van der Waals surface area contributed by atoms with Crippen LogP contribution in [-0.2, 0) is 17.7 Å². The zero-order chi connectivity index (χ0) is 22.3. The van der Waals surface area contributed by atoms with Crippen LogP contribution >= 0.6 is 11.6 Å². The molecule has 6 nitrogen and oxygen atoms in total. The second-order valence-corrected chi connectivity index (χ2v) is 8.03. The molecule has 1 aromatic heterocycles. The standard InChI is InChI=1S/C18H18ClNO5.C5H12/c1-24-5-2-6-25-17-7-11-3-4-20-10-13(18(22)23)16(21)9-15(20)12(11)8-14(17)19;1-4-5(2)3/h7-10H,2-6H2,1H3,(H,22,23);5H,4H2,1-3H3. The predicted octanol–water partition coefficient (Wildman–Crippen LogP) is 4.89. The molecule has 0 unspecified atom stereocenters. The van der Waals surface area contributed by atoms with Gasteiger partial charge < -0.3 is 19.1 Å². The summed E-state index contributed by atoms with van der Waals surface area (Å²) in [6, 6.07) is 5.02. The highest BCUT2D eigenvalue weighted by Gasteiger charge is 2.21. The van der Waals surface area contributed by atoms with Gasteiger partial charge in [0.15, 0.2) is 5.43 Å². The molecule has 7 heteroatoms. The van der Waals surface area contributed by atoms with E-state index in [9.17, 15) is 9.59 Å². The van der Waals surface area contributed by atoms with Crippen LogP contribution in [0.3, 0.4) is 0 Å². The molecule has 0 atom stereocenters. The van der Waals surface area contributed by atoms with Gasteiger partial charge in [0, 0.05) is 44.5 Å². The third-order valence-corrected chi connectivity index (χ3v) is 5.28. The van der Waals surface area contributed by atoms with Crippen LogP contribution in [0, 0.1) is 5.92 Å². The monoisotopic (exact) mass is 435 g/mol. The summed E-state index contributed by atoms with van der Waals surface area (Å²) in [6.07, 6.45) is 4.17. The Balaban J connectivity index is 0.000000575. The molecule has 30 heavy (non-hydrogen) atoms. The third-order valence-electron chi connectivity index (χ3n) is 4.98. The molecule has 0 fully saturated rings. The van der Waals surface area contributed by atoms with Crippen molar-refractivity contribution in [1.29, 1.82) is 0 Å². The number of carbonyl (C=O) groups is 1. The number of carboxylic acid groups (broad SMARTS) is 1. The first-order valence-corrected chi connectivity index (χ1v) is 10.6. The van der Waals surface area contributed by atoms with Gasteiger partial charge in [0.05, 0.1) is 17.3 Å². The Labute approximate surface area is 182 Å². The first-order chi connectivity index (χ1) is 14.3. The lowest BCUT2D eigenvalue weighted by molar-refractivity contribution is 0.0694. The van der Waals surface area contributed by atoms with Crippen LogP contribution < -0.4 is 10.2 Å². The Hall–Kier alpha value is -2.31. The van der Waals surface area contributed by atoms with Gasteiger partial charge in [-0.3, -0.25) is 4.79 Å². The number of nitrogens with zero attached hydrogens (tertiary/aromatic N) is 1. The Bertz CT molecular complexity index is 936. The number of aryl methyl sites for hydroxylation is 2. The molecule has 0 aliphatic carbocycles. The van der Waals surface area contributed by atoms with E-state index in [1.807, 2.05) is 6.07 Å². The minimum Gasteiger partial charge on any atom is -0.492 e. The Kier molecular flexibility index (Phi) is 8.93. The number of ether oxygens (including phenoxy) is 2. The molecule has 3 rings (SSSR count). The summed E-state index contributed by atoms with van der Waals surface area (Å²) in [7, 11) is 1.64. The average molecular weight is 436 g/mol. The largest absolute Gasteiger partial charge is 0.492 e. The fraction of sp³-hybridized carbons (Fsp3) is 0.478. The summed E-state index contributed by atoms with van der Waals surface area (Å²) in [6.45, 7) is 8.35. The number of fused-ring (bicyclic) bond motifs is 3. The van der Waals surface area contributed by atoms with Gasteiger partial charge >= 0.3 is 5.97 Å². The minimum atomic E-state index is -1.22. The zero-order valence-corrected chi connectivity index (χ0v) is 18.8. The van der Waals surface area contributed by atoms with Crippen molar-refractivity contribution in [2.75, 3.05) is 20.3 Å². The summed E-state index contributed by atoms with van der Waals surface area (Å²) >= 11 is 6.32. The highest BCUT2D eigenvalue weighted by Crippen LogP contribution is 2.36. The van der Waals surface area contributed by atoms with Gasteiger partial charge in [-0.25, -0.2) is 4.79 Å². The van der Waals surface area contributed by atoms with Crippen molar-refractivity contribution in [3.05, 3.63) is 50.8 Å². The smallest absolute Gasteiger partial charge is 0.341 e. The van der Waals surface area contributed by atoms with Crippen LogP contribution in [0.2, 0.25) is 5.02 Å². The maximum absolute atomic E-state index is 12.0. The number of hydrogen-bond donors (Lipinski definition) is 1. The summed E-state index contributed by atoms with van der Waals surface area (Å²) in [5.41, 5.74) is 1.78. The lowest BCUT2D eigenvalue weighted by atomic mass is 9.96. The number of aromatic carboxylic acids is 1. The first kappa shape index (κ1) is 24.0. The second-order valence-electron chi connectivity index (χ2n) is 7.62. The molecule has 0 bridgehead atoms. The lowest BCUT2D eigenvalue weighted by Gasteiger charge is -2.23. The normalized spacial score (nSPS) is 11.9. The maximum atomic E-state index is 12.0. The summed E-state index contributed by atoms with van der Waals surface area (Å²) < 4.78 is 12.5. The summed E-state index contributed by atoms with van der Waals surface area (Å²) in [4.78, 5) is 23.2. The molecular formula is C23H30ClNO5. The highest BCUT2D eigenvalue weighted by molar-refractivity contribution is 6.32. The molecule has 164 valence electrons. The molecule has 0 amide bonds. The van der Waals surface area contributed by atoms with Gasteiger partial charge in [-0.05, 0) is 30.0 Å². The second kappa shape index (κ2) is 11.2. The van der Waals surface area contributed by atoms with E-state index >= 15 is 0 Å². The number of rotatable bonds is 7. The van der Waals surface area contributed by atoms with Crippen LogP contribution in [0.5, 0.6) is 5.75 Å². The molecule has 2 aromatic rings. The van der Waals surface area contributed by atoms with Crippen molar-refractivity contribution in [1.82, 2.24) is 4.57 Å². The molecular weight excluding hydrogens is 406 g/mol. The number of methoxy groups -OCH3 is 1. The topological polar surface area (TPSA) is 77.8 Å². The van der Waals surface area contributed by atoms with Crippen molar-refractivity contribution < 1.29 is 19.4 Å². The Morgan fingerprint density at radius 1 is 1.27 bits per heavy atom. The van der Waals surface area contributed by atoms with Crippen molar-refractivity contribution >= 4 is 17.6 Å². The number of halogens is 1. The minimum absolute atomic E-state index is 0.226. The average Bonchev–Trinajstić information content (AvgIpc) is 2.71. The van der Waals surface area contributed by atoms with E-state index in [0.717, 1.165) is 23.5 Å². The van der Waals surface area contributed by atoms with Crippen LogP contribution in [0.25, 0.3) is 11.3 Å². The fourth-order valence-corrected chi connectivity index (χ4v) is 3.15. The van der Waals surface area contributed by atoms with Gasteiger partial charge in [-0.2, -0.15) is 0 Å². The number of benzene rings is 1. The molecule has 1 N–H and O–H groups in total. The third kappa shape index (κ3) is 6.09. The molecule has 0 saturated heterocycles. The fourth-order valence-electron chi connectivity index (χ4n) is 2.93. The van der Waals surface area contributed by atoms with Crippen molar-refractivity contribution in [2.24, 2.45) is 5.92 Å².